The Morgan fingerprint density at radius 2 is 1.52 bits per heavy atom. The summed E-state index contributed by atoms with van der Waals surface area (Å²) in [4.78, 5) is 4.46. The highest BCUT2D eigenvalue weighted by Crippen LogP contribution is 2.39. The quantitative estimate of drug-likeness (QED) is 0.736. The van der Waals surface area contributed by atoms with E-state index in [2.05, 4.69) is 20.4 Å². The number of rotatable bonds is 6. The SMILES string of the molecule is COc1ccc(-c2n[nH]nc2-c2cc(OC)c(OC)c(OC)n2)cc1. The smallest absolute Gasteiger partial charge is 0.261 e. The molecule has 3 aromatic rings. The third-order valence-corrected chi connectivity index (χ3v) is 3.68. The normalized spacial score (nSPS) is 10.4. The first-order valence-electron chi connectivity index (χ1n) is 7.44. The maximum Gasteiger partial charge on any atom is 0.261 e. The van der Waals surface area contributed by atoms with Crippen LogP contribution in [0.15, 0.2) is 30.3 Å². The van der Waals surface area contributed by atoms with E-state index in [1.165, 1.54) is 14.2 Å². The van der Waals surface area contributed by atoms with Crippen LogP contribution in [-0.4, -0.2) is 48.8 Å². The van der Waals surface area contributed by atoms with E-state index in [1.807, 2.05) is 24.3 Å². The minimum atomic E-state index is 0.306. The van der Waals surface area contributed by atoms with E-state index in [1.54, 1.807) is 20.3 Å². The van der Waals surface area contributed by atoms with Gasteiger partial charge in [0.1, 0.15) is 22.8 Å². The lowest BCUT2D eigenvalue weighted by molar-refractivity contribution is 0.316. The molecule has 1 N–H and O–H groups in total. The zero-order valence-corrected chi connectivity index (χ0v) is 14.4. The highest BCUT2D eigenvalue weighted by atomic mass is 16.5. The molecule has 0 unspecified atom stereocenters. The maximum absolute atomic E-state index is 5.37. The van der Waals surface area contributed by atoms with Crippen LogP contribution in [0.25, 0.3) is 22.6 Å². The Hall–Kier alpha value is -3.29. The fourth-order valence-corrected chi connectivity index (χ4v) is 2.45. The van der Waals surface area contributed by atoms with Crippen molar-refractivity contribution in [3.05, 3.63) is 30.3 Å². The molecule has 0 radical (unpaired) electrons. The zero-order chi connectivity index (χ0) is 17.8. The maximum atomic E-state index is 5.37. The molecule has 0 spiro atoms. The van der Waals surface area contributed by atoms with E-state index in [-0.39, 0.29) is 0 Å². The molecule has 0 aliphatic rings. The van der Waals surface area contributed by atoms with E-state index in [0.29, 0.717) is 34.5 Å². The molecule has 3 rings (SSSR count). The van der Waals surface area contributed by atoms with Gasteiger partial charge in [0.05, 0.1) is 28.4 Å². The van der Waals surface area contributed by atoms with Crippen LogP contribution in [0.2, 0.25) is 0 Å². The molecule has 130 valence electrons. The summed E-state index contributed by atoms with van der Waals surface area (Å²) in [5, 5.41) is 11.1. The van der Waals surface area contributed by atoms with E-state index >= 15 is 0 Å². The molecule has 8 heteroatoms. The number of methoxy groups -OCH3 is 4. The van der Waals surface area contributed by atoms with E-state index < -0.39 is 0 Å². The van der Waals surface area contributed by atoms with Gasteiger partial charge in [-0.2, -0.15) is 15.4 Å². The Labute approximate surface area is 144 Å². The molecule has 2 aromatic heterocycles. The summed E-state index contributed by atoms with van der Waals surface area (Å²) in [6, 6.07) is 9.25. The van der Waals surface area contributed by atoms with Crippen molar-refractivity contribution < 1.29 is 18.9 Å². The highest BCUT2D eigenvalue weighted by Gasteiger charge is 2.20. The third-order valence-electron chi connectivity index (χ3n) is 3.68. The fourth-order valence-electron chi connectivity index (χ4n) is 2.45. The second-order valence-electron chi connectivity index (χ2n) is 5.00. The van der Waals surface area contributed by atoms with Gasteiger partial charge in [0, 0.05) is 11.6 Å². The van der Waals surface area contributed by atoms with Crippen molar-refractivity contribution in [2.75, 3.05) is 28.4 Å². The monoisotopic (exact) mass is 342 g/mol. The molecule has 0 amide bonds. The van der Waals surface area contributed by atoms with Crippen LogP contribution in [0.4, 0.5) is 0 Å². The standard InChI is InChI=1S/C17H18N4O4/c1-22-11-7-5-10(6-8-11)14-15(20-21-19-14)12-9-13(23-2)16(24-3)17(18-12)25-4/h5-9H,1-4H3,(H,19,20,21). The number of aromatic nitrogens is 4. The van der Waals surface area contributed by atoms with Gasteiger partial charge in [0.25, 0.3) is 5.88 Å². The van der Waals surface area contributed by atoms with Crippen LogP contribution in [0.5, 0.6) is 23.1 Å². The third kappa shape index (κ3) is 3.06. The van der Waals surface area contributed by atoms with Crippen molar-refractivity contribution in [3.63, 3.8) is 0 Å². The average Bonchev–Trinajstić information content (AvgIpc) is 3.16. The lowest BCUT2D eigenvalue weighted by atomic mass is 10.1. The molecule has 1 aromatic carbocycles. The first-order valence-corrected chi connectivity index (χ1v) is 7.44. The predicted molar refractivity (Wildman–Crippen MR) is 91.3 cm³/mol. The Morgan fingerprint density at radius 3 is 2.12 bits per heavy atom. The molecular formula is C17H18N4O4. The summed E-state index contributed by atoms with van der Waals surface area (Å²) in [6.07, 6.45) is 0. The van der Waals surface area contributed by atoms with E-state index in [0.717, 1.165) is 11.3 Å². The number of ether oxygens (including phenoxy) is 4. The van der Waals surface area contributed by atoms with Crippen molar-refractivity contribution in [3.8, 4) is 45.8 Å². The van der Waals surface area contributed by atoms with Gasteiger partial charge in [-0.05, 0) is 24.3 Å². The van der Waals surface area contributed by atoms with Crippen LogP contribution >= 0.6 is 0 Å². The Balaban J connectivity index is 2.10. The number of hydrogen-bond donors (Lipinski definition) is 1. The lowest BCUT2D eigenvalue weighted by Crippen LogP contribution is -1.99. The van der Waals surface area contributed by atoms with Crippen molar-refractivity contribution in [1.82, 2.24) is 20.4 Å². The first kappa shape index (κ1) is 16.6. The highest BCUT2D eigenvalue weighted by molar-refractivity contribution is 5.77. The number of benzene rings is 1. The second-order valence-corrected chi connectivity index (χ2v) is 5.00. The Kier molecular flexibility index (Phi) is 4.69. The number of H-pyrrole nitrogens is 1. The van der Waals surface area contributed by atoms with Gasteiger partial charge in [0.2, 0.25) is 5.75 Å². The summed E-state index contributed by atoms with van der Waals surface area (Å²) >= 11 is 0. The van der Waals surface area contributed by atoms with Gasteiger partial charge in [-0.3, -0.25) is 0 Å². The Morgan fingerprint density at radius 1 is 0.800 bits per heavy atom. The van der Waals surface area contributed by atoms with Crippen LogP contribution in [-0.2, 0) is 0 Å². The van der Waals surface area contributed by atoms with E-state index in [4.69, 9.17) is 18.9 Å². The molecule has 0 saturated heterocycles. The molecule has 0 aliphatic carbocycles. The largest absolute Gasteiger partial charge is 0.497 e. The van der Waals surface area contributed by atoms with Crippen molar-refractivity contribution in [1.29, 1.82) is 0 Å². The van der Waals surface area contributed by atoms with Crippen LogP contribution in [0, 0.1) is 0 Å². The number of nitrogens with zero attached hydrogens (tertiary/aromatic N) is 3. The second kappa shape index (κ2) is 7.08. The van der Waals surface area contributed by atoms with Crippen molar-refractivity contribution in [2.24, 2.45) is 0 Å². The van der Waals surface area contributed by atoms with Crippen LogP contribution in [0.1, 0.15) is 0 Å². The first-order chi connectivity index (χ1) is 12.2. The summed E-state index contributed by atoms with van der Waals surface area (Å²) in [5.74, 6) is 1.98. The van der Waals surface area contributed by atoms with Gasteiger partial charge in [0.15, 0.2) is 5.75 Å². The molecule has 0 atom stereocenters. The summed E-state index contributed by atoms with van der Waals surface area (Å²) in [5.41, 5.74) is 2.66. The molecule has 0 bridgehead atoms. The molecule has 2 heterocycles. The molecule has 8 nitrogen and oxygen atoms in total. The molecule has 0 saturated carbocycles. The minimum Gasteiger partial charge on any atom is -0.497 e. The van der Waals surface area contributed by atoms with Crippen molar-refractivity contribution >= 4 is 0 Å². The molecule has 0 aliphatic heterocycles. The molecule has 0 fully saturated rings. The van der Waals surface area contributed by atoms with E-state index in [9.17, 15) is 0 Å². The fraction of sp³-hybridized carbons (Fsp3) is 0.235. The zero-order valence-electron chi connectivity index (χ0n) is 14.4. The van der Waals surface area contributed by atoms with Gasteiger partial charge >= 0.3 is 0 Å². The van der Waals surface area contributed by atoms with Gasteiger partial charge < -0.3 is 18.9 Å². The molecule has 25 heavy (non-hydrogen) atoms. The summed E-state index contributed by atoms with van der Waals surface area (Å²) in [7, 11) is 6.21. The minimum absolute atomic E-state index is 0.306. The predicted octanol–water partition coefficient (Wildman–Crippen LogP) is 2.57. The van der Waals surface area contributed by atoms with Crippen LogP contribution < -0.4 is 18.9 Å². The summed E-state index contributed by atoms with van der Waals surface area (Å²) < 4.78 is 21.2. The lowest BCUT2D eigenvalue weighted by Gasteiger charge is -2.12. The number of aromatic amines is 1. The summed E-state index contributed by atoms with van der Waals surface area (Å²) in [6.45, 7) is 0. The Bertz CT molecular complexity index is 836. The number of nitrogens with one attached hydrogen (secondary N) is 1. The van der Waals surface area contributed by atoms with Gasteiger partial charge in [-0.1, -0.05) is 0 Å². The topological polar surface area (TPSA) is 91.4 Å². The average molecular weight is 342 g/mol. The number of pyridine rings is 1. The molecular weight excluding hydrogens is 324 g/mol. The van der Waals surface area contributed by atoms with Crippen LogP contribution in [0.3, 0.4) is 0 Å². The van der Waals surface area contributed by atoms with Gasteiger partial charge in [-0.25, -0.2) is 4.98 Å². The number of hydrogen-bond acceptors (Lipinski definition) is 7. The van der Waals surface area contributed by atoms with Crippen molar-refractivity contribution in [2.45, 2.75) is 0 Å². The van der Waals surface area contributed by atoms with Gasteiger partial charge in [-0.15, -0.1) is 0 Å².